The summed E-state index contributed by atoms with van der Waals surface area (Å²) in [4.78, 5) is 11.4. The smallest absolute Gasteiger partial charge is 0.225 e. The van der Waals surface area contributed by atoms with Gasteiger partial charge in [0, 0.05) is 18.7 Å². The molecule has 0 aliphatic rings. The van der Waals surface area contributed by atoms with Crippen LogP contribution in [-0.4, -0.2) is 19.0 Å². The fraction of sp³-hybridized carbons (Fsp3) is 0.364. The number of rotatable bonds is 5. The van der Waals surface area contributed by atoms with E-state index in [2.05, 4.69) is 26.6 Å². The average Bonchev–Trinajstić information content (AvgIpc) is 2.24. The van der Waals surface area contributed by atoms with Crippen molar-refractivity contribution in [1.29, 1.82) is 0 Å². The molecule has 0 atom stereocenters. The molecule has 1 aromatic carbocycles. The molecule has 0 bridgehead atoms. The van der Waals surface area contributed by atoms with Crippen molar-refractivity contribution in [3.63, 3.8) is 0 Å². The molecule has 0 spiro atoms. The van der Waals surface area contributed by atoms with Crippen LogP contribution >= 0.6 is 15.9 Å². The Morgan fingerprint density at radius 3 is 2.88 bits per heavy atom. The van der Waals surface area contributed by atoms with Crippen molar-refractivity contribution >= 4 is 27.5 Å². The molecule has 0 heterocycles. The van der Waals surface area contributed by atoms with E-state index in [1.165, 1.54) is 6.07 Å². The Bertz CT molecular complexity index is 371. The summed E-state index contributed by atoms with van der Waals surface area (Å²) in [5.74, 6) is -0.507. The van der Waals surface area contributed by atoms with E-state index >= 15 is 0 Å². The van der Waals surface area contributed by atoms with Crippen molar-refractivity contribution in [2.75, 3.05) is 18.4 Å². The lowest BCUT2D eigenvalue weighted by Gasteiger charge is -2.06. The molecular weight excluding hydrogens is 275 g/mol. The first kappa shape index (κ1) is 13.1. The summed E-state index contributed by atoms with van der Waals surface area (Å²) in [6, 6.07) is 4.50. The van der Waals surface area contributed by atoms with E-state index in [0.717, 1.165) is 6.54 Å². The quantitative estimate of drug-likeness (QED) is 0.818. The third kappa shape index (κ3) is 4.28. The highest BCUT2D eigenvalue weighted by molar-refractivity contribution is 9.10. The molecule has 0 aliphatic carbocycles. The molecule has 3 nitrogen and oxygen atoms in total. The third-order valence-corrected chi connectivity index (χ3v) is 2.63. The van der Waals surface area contributed by atoms with Gasteiger partial charge in [0.2, 0.25) is 5.91 Å². The number of hydrogen-bond donors (Lipinski definition) is 2. The Morgan fingerprint density at radius 2 is 2.25 bits per heavy atom. The van der Waals surface area contributed by atoms with Gasteiger partial charge in [0.05, 0.1) is 4.47 Å². The van der Waals surface area contributed by atoms with Gasteiger partial charge in [0.15, 0.2) is 0 Å². The normalized spacial score (nSPS) is 10.2. The second kappa shape index (κ2) is 6.60. The first-order chi connectivity index (χ1) is 7.63. The summed E-state index contributed by atoms with van der Waals surface area (Å²) in [6.45, 7) is 3.43. The van der Waals surface area contributed by atoms with Crippen molar-refractivity contribution in [2.24, 2.45) is 0 Å². The Kier molecular flexibility index (Phi) is 5.42. The molecule has 5 heteroatoms. The monoisotopic (exact) mass is 288 g/mol. The molecule has 16 heavy (non-hydrogen) atoms. The minimum absolute atomic E-state index is 0.123. The van der Waals surface area contributed by atoms with Gasteiger partial charge in [-0.25, -0.2) is 4.39 Å². The number of benzene rings is 1. The van der Waals surface area contributed by atoms with Gasteiger partial charge in [-0.15, -0.1) is 0 Å². The molecule has 0 saturated carbocycles. The molecule has 1 rings (SSSR count). The minimum Gasteiger partial charge on any atom is -0.326 e. The molecule has 2 N–H and O–H groups in total. The van der Waals surface area contributed by atoms with E-state index < -0.39 is 0 Å². The second-order valence-corrected chi connectivity index (χ2v) is 4.13. The average molecular weight is 289 g/mol. The maximum absolute atomic E-state index is 13.1. The van der Waals surface area contributed by atoms with Gasteiger partial charge in [0.25, 0.3) is 0 Å². The molecule has 0 unspecified atom stereocenters. The topological polar surface area (TPSA) is 41.1 Å². The molecule has 0 aromatic heterocycles. The zero-order valence-corrected chi connectivity index (χ0v) is 10.6. The van der Waals surface area contributed by atoms with Gasteiger partial charge in [-0.05, 0) is 40.7 Å². The lowest BCUT2D eigenvalue weighted by molar-refractivity contribution is -0.116. The van der Waals surface area contributed by atoms with Crippen LogP contribution in [0.15, 0.2) is 22.7 Å². The largest absolute Gasteiger partial charge is 0.326 e. The number of nitrogens with one attached hydrogen (secondary N) is 2. The highest BCUT2D eigenvalue weighted by atomic mass is 79.9. The van der Waals surface area contributed by atoms with Crippen LogP contribution in [0.1, 0.15) is 13.3 Å². The Labute approximate surface area is 103 Å². The number of halogens is 2. The van der Waals surface area contributed by atoms with E-state index in [0.29, 0.717) is 23.1 Å². The predicted octanol–water partition coefficient (Wildman–Crippen LogP) is 2.53. The summed E-state index contributed by atoms with van der Waals surface area (Å²) in [5, 5.41) is 5.67. The fourth-order valence-corrected chi connectivity index (χ4v) is 1.42. The van der Waals surface area contributed by atoms with Crippen LogP contribution in [0, 0.1) is 5.82 Å². The summed E-state index contributed by atoms with van der Waals surface area (Å²) in [6.07, 6.45) is 0.380. The SMILES string of the molecule is CCNCCC(=O)Nc1ccc(Br)c(F)c1. The van der Waals surface area contributed by atoms with Crippen LogP contribution in [0.5, 0.6) is 0 Å². The van der Waals surface area contributed by atoms with Crippen molar-refractivity contribution in [3.8, 4) is 0 Å². The number of hydrogen-bond acceptors (Lipinski definition) is 2. The Balaban J connectivity index is 2.46. The lowest BCUT2D eigenvalue weighted by Crippen LogP contribution is -2.21. The molecule has 0 radical (unpaired) electrons. The van der Waals surface area contributed by atoms with Crippen LogP contribution < -0.4 is 10.6 Å². The van der Waals surface area contributed by atoms with E-state index in [-0.39, 0.29) is 11.7 Å². The highest BCUT2D eigenvalue weighted by Gasteiger charge is 2.04. The summed E-state index contributed by atoms with van der Waals surface area (Å²) in [7, 11) is 0. The van der Waals surface area contributed by atoms with Gasteiger partial charge in [0.1, 0.15) is 5.82 Å². The zero-order chi connectivity index (χ0) is 12.0. The van der Waals surface area contributed by atoms with E-state index in [9.17, 15) is 9.18 Å². The Morgan fingerprint density at radius 1 is 1.50 bits per heavy atom. The van der Waals surface area contributed by atoms with Crippen LogP contribution in [-0.2, 0) is 4.79 Å². The highest BCUT2D eigenvalue weighted by Crippen LogP contribution is 2.19. The van der Waals surface area contributed by atoms with Crippen LogP contribution in [0.2, 0.25) is 0 Å². The fourth-order valence-electron chi connectivity index (χ4n) is 1.18. The maximum Gasteiger partial charge on any atom is 0.225 e. The molecule has 0 saturated heterocycles. The van der Waals surface area contributed by atoms with E-state index in [1.54, 1.807) is 12.1 Å². The van der Waals surface area contributed by atoms with E-state index in [1.807, 2.05) is 6.92 Å². The first-order valence-electron chi connectivity index (χ1n) is 5.09. The van der Waals surface area contributed by atoms with Crippen LogP contribution in [0.4, 0.5) is 10.1 Å². The molecular formula is C11H14BrFN2O. The summed E-state index contributed by atoms with van der Waals surface area (Å²) < 4.78 is 13.5. The summed E-state index contributed by atoms with van der Waals surface area (Å²) in [5.41, 5.74) is 0.474. The van der Waals surface area contributed by atoms with Gasteiger partial charge >= 0.3 is 0 Å². The van der Waals surface area contributed by atoms with Crippen LogP contribution in [0.3, 0.4) is 0 Å². The lowest BCUT2D eigenvalue weighted by atomic mass is 10.3. The van der Waals surface area contributed by atoms with Gasteiger partial charge < -0.3 is 10.6 Å². The second-order valence-electron chi connectivity index (χ2n) is 3.28. The molecule has 0 fully saturated rings. The maximum atomic E-state index is 13.1. The third-order valence-electron chi connectivity index (χ3n) is 1.98. The van der Waals surface area contributed by atoms with Crippen molar-refractivity contribution < 1.29 is 9.18 Å². The van der Waals surface area contributed by atoms with E-state index in [4.69, 9.17) is 0 Å². The van der Waals surface area contributed by atoms with Crippen molar-refractivity contribution in [3.05, 3.63) is 28.5 Å². The number of carbonyl (C=O) groups excluding carboxylic acids is 1. The minimum atomic E-state index is -0.385. The number of amides is 1. The van der Waals surface area contributed by atoms with Crippen molar-refractivity contribution in [1.82, 2.24) is 5.32 Å². The standard InChI is InChI=1S/C11H14BrFN2O/c1-2-14-6-5-11(16)15-8-3-4-9(12)10(13)7-8/h3-4,7,14H,2,5-6H2,1H3,(H,15,16). The van der Waals surface area contributed by atoms with Gasteiger partial charge in [-0.2, -0.15) is 0 Å². The van der Waals surface area contributed by atoms with Gasteiger partial charge in [-0.3, -0.25) is 4.79 Å². The molecule has 1 amide bonds. The van der Waals surface area contributed by atoms with Crippen LogP contribution in [0.25, 0.3) is 0 Å². The van der Waals surface area contributed by atoms with Gasteiger partial charge in [-0.1, -0.05) is 6.92 Å². The molecule has 1 aromatic rings. The summed E-state index contributed by atoms with van der Waals surface area (Å²) >= 11 is 3.05. The molecule has 88 valence electrons. The number of carbonyl (C=O) groups is 1. The Hall–Kier alpha value is -0.940. The predicted molar refractivity (Wildman–Crippen MR) is 65.9 cm³/mol. The zero-order valence-electron chi connectivity index (χ0n) is 9.02. The number of anilines is 1. The first-order valence-corrected chi connectivity index (χ1v) is 5.88. The van der Waals surface area contributed by atoms with Crippen molar-refractivity contribution in [2.45, 2.75) is 13.3 Å². The molecule has 0 aliphatic heterocycles.